The van der Waals surface area contributed by atoms with Gasteiger partial charge in [-0.1, -0.05) is 0 Å². The maximum atomic E-state index is 5.90. The molecular weight excluding hydrogens is 262 g/mol. The molecule has 0 spiro atoms. The highest BCUT2D eigenvalue weighted by atomic mass is 35.5. The summed E-state index contributed by atoms with van der Waals surface area (Å²) in [5.74, 6) is 0. The van der Waals surface area contributed by atoms with Gasteiger partial charge >= 0.3 is 0 Å². The Morgan fingerprint density at radius 2 is 0.867 bits per heavy atom. The maximum absolute atomic E-state index is 5.90. The van der Waals surface area contributed by atoms with Crippen molar-refractivity contribution in [2.75, 3.05) is 0 Å². The van der Waals surface area contributed by atoms with E-state index in [4.69, 9.17) is 49.0 Å². The summed E-state index contributed by atoms with van der Waals surface area (Å²) in [5, 5.41) is -0.862. The van der Waals surface area contributed by atoms with Gasteiger partial charge in [-0.25, -0.2) is 0 Å². The van der Waals surface area contributed by atoms with Crippen LogP contribution in [-0.4, -0.2) is 35.0 Å². The number of alkyl halides is 3. The molecule has 0 bridgehead atoms. The first-order valence-corrected chi connectivity index (χ1v) is 6.11. The molecule has 0 aromatic carbocycles. The molecule has 1 aliphatic heterocycles. The number of rotatable bonds is 3. The number of ether oxygens (including phenoxy) is 3. The van der Waals surface area contributed by atoms with Crippen LogP contribution in [0.2, 0.25) is 0 Å². The third kappa shape index (κ3) is 3.91. The van der Waals surface area contributed by atoms with Gasteiger partial charge in [0.15, 0.2) is 18.9 Å². The van der Waals surface area contributed by atoms with E-state index in [2.05, 4.69) is 0 Å². The highest BCUT2D eigenvalue weighted by Crippen LogP contribution is 2.27. The van der Waals surface area contributed by atoms with Crippen molar-refractivity contribution >= 4 is 34.8 Å². The van der Waals surface area contributed by atoms with Gasteiger partial charge in [0.2, 0.25) is 0 Å². The minimum absolute atomic E-state index is 0.287. The van der Waals surface area contributed by atoms with Crippen molar-refractivity contribution in [1.29, 1.82) is 0 Å². The largest absolute Gasteiger partial charge is 0.320 e. The lowest BCUT2D eigenvalue weighted by atomic mass is 10.3. The van der Waals surface area contributed by atoms with Crippen molar-refractivity contribution < 1.29 is 14.2 Å². The van der Waals surface area contributed by atoms with Crippen molar-refractivity contribution in [3.8, 4) is 0 Å². The lowest BCUT2D eigenvalue weighted by Crippen LogP contribution is -2.49. The minimum atomic E-state index is -0.544. The zero-order valence-electron chi connectivity index (χ0n) is 8.82. The average Bonchev–Trinajstić information content (AvgIpc) is 2.16. The molecule has 1 rings (SSSR count). The molecule has 0 N–H and O–H groups in total. The van der Waals surface area contributed by atoms with E-state index >= 15 is 0 Å². The van der Waals surface area contributed by atoms with Gasteiger partial charge in [0.25, 0.3) is 0 Å². The van der Waals surface area contributed by atoms with Crippen LogP contribution < -0.4 is 0 Å². The second kappa shape index (κ2) is 5.89. The third-order valence-corrected chi connectivity index (χ3v) is 2.55. The highest BCUT2D eigenvalue weighted by Gasteiger charge is 2.37. The number of halogens is 3. The third-order valence-electron chi connectivity index (χ3n) is 1.93. The normalized spacial score (nSPS) is 38.4. The van der Waals surface area contributed by atoms with E-state index in [0.717, 1.165) is 0 Å². The molecule has 0 aliphatic carbocycles. The SMILES string of the molecule is CC(Cl)C1OC(C(C)Cl)OC(C(C)Cl)O1. The molecule has 3 nitrogen and oxygen atoms in total. The van der Waals surface area contributed by atoms with Crippen molar-refractivity contribution in [2.24, 2.45) is 0 Å². The summed E-state index contributed by atoms with van der Waals surface area (Å²) in [6, 6.07) is 0. The van der Waals surface area contributed by atoms with Crippen LogP contribution in [0.15, 0.2) is 0 Å². The summed E-state index contributed by atoms with van der Waals surface area (Å²) in [6.45, 7) is 5.34. The van der Waals surface area contributed by atoms with Crippen LogP contribution >= 0.6 is 34.8 Å². The number of hydrogen-bond acceptors (Lipinski definition) is 3. The summed E-state index contributed by atoms with van der Waals surface area (Å²) in [5.41, 5.74) is 0. The molecule has 0 aromatic rings. The van der Waals surface area contributed by atoms with Crippen LogP contribution in [0.3, 0.4) is 0 Å². The topological polar surface area (TPSA) is 27.7 Å². The zero-order chi connectivity index (χ0) is 11.6. The molecule has 90 valence electrons. The van der Waals surface area contributed by atoms with E-state index in [1.54, 1.807) is 20.8 Å². The van der Waals surface area contributed by atoms with E-state index in [1.165, 1.54) is 0 Å². The van der Waals surface area contributed by atoms with Crippen LogP contribution in [0.5, 0.6) is 0 Å². The molecule has 0 radical (unpaired) electrons. The molecule has 0 aromatic heterocycles. The molecule has 0 saturated carbocycles. The zero-order valence-corrected chi connectivity index (χ0v) is 11.1. The summed E-state index contributed by atoms with van der Waals surface area (Å²) < 4.78 is 16.3. The van der Waals surface area contributed by atoms with Gasteiger partial charge in [-0.2, -0.15) is 0 Å². The molecule has 1 heterocycles. The Balaban J connectivity index is 2.64. The second-order valence-corrected chi connectivity index (χ2v) is 5.61. The maximum Gasteiger partial charge on any atom is 0.179 e. The molecule has 15 heavy (non-hydrogen) atoms. The van der Waals surface area contributed by atoms with Crippen LogP contribution in [-0.2, 0) is 14.2 Å². The Hall–Kier alpha value is 0.750. The van der Waals surface area contributed by atoms with Gasteiger partial charge in [0, 0.05) is 0 Å². The molecule has 1 fully saturated rings. The van der Waals surface area contributed by atoms with E-state index in [1.807, 2.05) is 0 Å². The van der Waals surface area contributed by atoms with E-state index in [9.17, 15) is 0 Å². The van der Waals surface area contributed by atoms with Crippen molar-refractivity contribution in [2.45, 2.75) is 55.8 Å². The summed E-state index contributed by atoms with van der Waals surface area (Å²) in [4.78, 5) is 0. The molecule has 3 atom stereocenters. The monoisotopic (exact) mass is 276 g/mol. The first-order valence-electron chi connectivity index (χ1n) is 4.80. The number of hydrogen-bond donors (Lipinski definition) is 0. The Bertz CT molecular complexity index is 160. The predicted octanol–water partition coefficient (Wildman–Crippen LogP) is 2.91. The smallest absolute Gasteiger partial charge is 0.179 e. The lowest BCUT2D eigenvalue weighted by Gasteiger charge is -2.38. The van der Waals surface area contributed by atoms with Crippen LogP contribution in [0.4, 0.5) is 0 Å². The summed E-state index contributed by atoms with van der Waals surface area (Å²) in [6.07, 6.45) is -1.63. The predicted molar refractivity (Wildman–Crippen MR) is 60.6 cm³/mol. The first kappa shape index (κ1) is 13.8. The van der Waals surface area contributed by atoms with Gasteiger partial charge in [0.05, 0.1) is 16.1 Å². The fourth-order valence-corrected chi connectivity index (χ4v) is 1.50. The lowest BCUT2D eigenvalue weighted by molar-refractivity contribution is -0.380. The Labute approximate surface area is 105 Å². The molecule has 6 heteroatoms. The molecule has 0 amide bonds. The molecule has 1 aliphatic rings. The minimum Gasteiger partial charge on any atom is -0.320 e. The van der Waals surface area contributed by atoms with Gasteiger partial charge in [-0.3, -0.25) is 0 Å². The van der Waals surface area contributed by atoms with Crippen molar-refractivity contribution in [3.05, 3.63) is 0 Å². The van der Waals surface area contributed by atoms with Crippen molar-refractivity contribution in [3.63, 3.8) is 0 Å². The molecule has 1 saturated heterocycles. The molecule has 3 unspecified atom stereocenters. The van der Waals surface area contributed by atoms with Gasteiger partial charge in [0.1, 0.15) is 0 Å². The van der Waals surface area contributed by atoms with Gasteiger partial charge in [-0.15, -0.1) is 34.8 Å². The Kier molecular flexibility index (Phi) is 5.43. The standard InChI is InChI=1S/C9H15Cl3O3/c1-4(10)7-13-8(5(2)11)15-9(14-7)6(3)12/h4-9H,1-3H3. The first-order chi connectivity index (χ1) is 6.91. The van der Waals surface area contributed by atoms with E-state index < -0.39 is 18.9 Å². The van der Waals surface area contributed by atoms with E-state index in [0.29, 0.717) is 0 Å². The second-order valence-electron chi connectivity index (χ2n) is 3.55. The average molecular weight is 278 g/mol. The van der Waals surface area contributed by atoms with Gasteiger partial charge < -0.3 is 14.2 Å². The van der Waals surface area contributed by atoms with Gasteiger partial charge in [-0.05, 0) is 20.8 Å². The van der Waals surface area contributed by atoms with Crippen LogP contribution in [0.1, 0.15) is 20.8 Å². The quantitative estimate of drug-likeness (QED) is 0.743. The van der Waals surface area contributed by atoms with Crippen LogP contribution in [0.25, 0.3) is 0 Å². The Morgan fingerprint density at radius 1 is 0.667 bits per heavy atom. The summed E-state index contributed by atoms with van der Waals surface area (Å²) >= 11 is 17.7. The highest BCUT2D eigenvalue weighted by molar-refractivity contribution is 6.21. The van der Waals surface area contributed by atoms with E-state index in [-0.39, 0.29) is 16.1 Å². The fraction of sp³-hybridized carbons (Fsp3) is 1.00. The van der Waals surface area contributed by atoms with Crippen LogP contribution in [0, 0.1) is 0 Å². The Morgan fingerprint density at radius 3 is 1.00 bits per heavy atom. The van der Waals surface area contributed by atoms with Crippen molar-refractivity contribution in [1.82, 2.24) is 0 Å². The molecular formula is C9H15Cl3O3. The summed E-state index contributed by atoms with van der Waals surface area (Å²) in [7, 11) is 0. The fourth-order valence-electron chi connectivity index (χ4n) is 1.14.